The number of halogens is 1. The van der Waals surface area contributed by atoms with E-state index in [1.165, 1.54) is 25.1 Å². The molecular weight excluding hydrogens is 297 g/mol. The molecule has 1 N–H and O–H groups in total. The lowest BCUT2D eigenvalue weighted by Gasteiger charge is -2.09. The summed E-state index contributed by atoms with van der Waals surface area (Å²) in [5, 5.41) is 3.65. The van der Waals surface area contributed by atoms with Gasteiger partial charge in [-0.2, -0.15) is 4.98 Å². The maximum absolute atomic E-state index is 13.4. The van der Waals surface area contributed by atoms with Gasteiger partial charge in [0.15, 0.2) is 5.82 Å². The Bertz CT molecular complexity index is 728. The van der Waals surface area contributed by atoms with E-state index in [-0.39, 0.29) is 17.0 Å². The molecule has 0 saturated carbocycles. The predicted molar refractivity (Wildman–Crippen MR) is 73.7 cm³/mol. The van der Waals surface area contributed by atoms with E-state index < -0.39 is 15.8 Å². The van der Waals surface area contributed by atoms with E-state index in [1.54, 1.807) is 6.92 Å². The summed E-state index contributed by atoms with van der Waals surface area (Å²) in [6.45, 7) is 3.35. The Labute approximate surface area is 122 Å². The lowest BCUT2D eigenvalue weighted by Crippen LogP contribution is -2.26. The summed E-state index contributed by atoms with van der Waals surface area (Å²) >= 11 is 0. The van der Waals surface area contributed by atoms with Crippen LogP contribution in [0.4, 0.5) is 4.39 Å². The highest BCUT2D eigenvalue weighted by Crippen LogP contribution is 2.17. The fraction of sp³-hybridized carbons (Fsp3) is 0.385. The fourth-order valence-electron chi connectivity index (χ4n) is 1.84. The van der Waals surface area contributed by atoms with E-state index in [4.69, 9.17) is 4.52 Å². The molecule has 0 atom stereocenters. The number of nitrogens with one attached hydrogen (secondary N) is 1. The molecule has 0 aliphatic rings. The van der Waals surface area contributed by atoms with E-state index in [0.717, 1.165) is 0 Å². The molecule has 2 aromatic rings. The zero-order valence-electron chi connectivity index (χ0n) is 11.8. The van der Waals surface area contributed by atoms with Crippen LogP contribution in [-0.2, 0) is 16.4 Å². The maximum Gasteiger partial charge on any atom is 0.240 e. The first kappa shape index (κ1) is 15.6. The van der Waals surface area contributed by atoms with Gasteiger partial charge in [-0.25, -0.2) is 17.5 Å². The highest BCUT2D eigenvalue weighted by atomic mass is 32.2. The standard InChI is InChI=1S/C13H16FN3O3S/c1-9-11(14)5-3-6-12(9)21(18,19)15-8-4-7-13-16-10(2)17-20-13/h3,5-6,15H,4,7-8H2,1-2H3. The van der Waals surface area contributed by atoms with Gasteiger partial charge in [-0.1, -0.05) is 11.2 Å². The molecule has 0 fully saturated rings. The highest BCUT2D eigenvalue weighted by Gasteiger charge is 2.18. The Hall–Kier alpha value is -1.80. The molecule has 21 heavy (non-hydrogen) atoms. The van der Waals surface area contributed by atoms with Crippen LogP contribution in [0.15, 0.2) is 27.6 Å². The molecule has 0 aliphatic carbocycles. The van der Waals surface area contributed by atoms with Crippen molar-refractivity contribution in [2.24, 2.45) is 0 Å². The van der Waals surface area contributed by atoms with Crippen LogP contribution in [0.3, 0.4) is 0 Å². The zero-order valence-corrected chi connectivity index (χ0v) is 12.6. The van der Waals surface area contributed by atoms with Crippen LogP contribution in [0.5, 0.6) is 0 Å². The van der Waals surface area contributed by atoms with E-state index in [9.17, 15) is 12.8 Å². The van der Waals surface area contributed by atoms with Gasteiger partial charge in [0.05, 0.1) is 4.90 Å². The second-order valence-electron chi connectivity index (χ2n) is 4.60. The van der Waals surface area contributed by atoms with Crippen molar-refractivity contribution in [3.8, 4) is 0 Å². The molecule has 1 aromatic heterocycles. The highest BCUT2D eigenvalue weighted by molar-refractivity contribution is 7.89. The Morgan fingerprint density at radius 2 is 2.10 bits per heavy atom. The summed E-state index contributed by atoms with van der Waals surface area (Å²) in [6.07, 6.45) is 0.987. The van der Waals surface area contributed by atoms with Gasteiger partial charge >= 0.3 is 0 Å². The van der Waals surface area contributed by atoms with Crippen LogP contribution in [-0.4, -0.2) is 25.1 Å². The minimum Gasteiger partial charge on any atom is -0.339 e. The maximum atomic E-state index is 13.4. The van der Waals surface area contributed by atoms with Crippen LogP contribution in [0.25, 0.3) is 0 Å². The minimum absolute atomic E-state index is 0.0452. The number of rotatable bonds is 6. The van der Waals surface area contributed by atoms with Crippen LogP contribution in [0.1, 0.15) is 23.7 Å². The fourth-order valence-corrected chi connectivity index (χ4v) is 3.17. The first-order valence-corrected chi connectivity index (χ1v) is 7.92. The monoisotopic (exact) mass is 313 g/mol. The van der Waals surface area contributed by atoms with Crippen molar-refractivity contribution in [1.82, 2.24) is 14.9 Å². The largest absolute Gasteiger partial charge is 0.339 e. The second kappa shape index (κ2) is 6.31. The average Bonchev–Trinajstić information content (AvgIpc) is 2.83. The molecule has 0 bridgehead atoms. The zero-order chi connectivity index (χ0) is 15.5. The Morgan fingerprint density at radius 1 is 1.33 bits per heavy atom. The molecule has 0 amide bonds. The predicted octanol–water partition coefficient (Wildman–Crippen LogP) is 1.74. The molecule has 8 heteroatoms. The molecule has 0 unspecified atom stereocenters. The van der Waals surface area contributed by atoms with Gasteiger partial charge in [0.2, 0.25) is 15.9 Å². The molecule has 0 radical (unpaired) electrons. The van der Waals surface area contributed by atoms with Gasteiger partial charge in [0.1, 0.15) is 5.82 Å². The third-order valence-electron chi connectivity index (χ3n) is 2.94. The van der Waals surface area contributed by atoms with Gasteiger partial charge < -0.3 is 4.52 Å². The Kier molecular flexibility index (Phi) is 4.69. The Balaban J connectivity index is 1.94. The summed E-state index contributed by atoms with van der Waals surface area (Å²) in [5.74, 6) is 0.466. The summed E-state index contributed by atoms with van der Waals surface area (Å²) in [4.78, 5) is 3.98. The number of aryl methyl sites for hydroxylation is 2. The SMILES string of the molecule is Cc1noc(CCCNS(=O)(=O)c2cccc(F)c2C)n1. The third-order valence-corrected chi connectivity index (χ3v) is 4.54. The third kappa shape index (κ3) is 3.85. The van der Waals surface area contributed by atoms with Crippen molar-refractivity contribution >= 4 is 10.0 Å². The molecule has 114 valence electrons. The molecule has 0 spiro atoms. The van der Waals surface area contributed by atoms with Crippen LogP contribution < -0.4 is 4.72 Å². The van der Waals surface area contributed by atoms with E-state index >= 15 is 0 Å². The van der Waals surface area contributed by atoms with Gasteiger partial charge in [-0.15, -0.1) is 0 Å². The van der Waals surface area contributed by atoms with E-state index in [2.05, 4.69) is 14.9 Å². The smallest absolute Gasteiger partial charge is 0.240 e. The molecular formula is C13H16FN3O3S. The lowest BCUT2D eigenvalue weighted by atomic mass is 10.2. The van der Waals surface area contributed by atoms with Gasteiger partial charge in [0.25, 0.3) is 0 Å². The number of hydrogen-bond acceptors (Lipinski definition) is 5. The lowest BCUT2D eigenvalue weighted by molar-refractivity contribution is 0.372. The van der Waals surface area contributed by atoms with E-state index in [1.807, 2.05) is 0 Å². The Morgan fingerprint density at radius 3 is 2.76 bits per heavy atom. The molecule has 0 aliphatic heterocycles. The normalized spacial score (nSPS) is 11.8. The van der Waals surface area contributed by atoms with Crippen molar-refractivity contribution in [2.75, 3.05) is 6.54 Å². The topological polar surface area (TPSA) is 85.1 Å². The second-order valence-corrected chi connectivity index (χ2v) is 6.34. The van der Waals surface area contributed by atoms with E-state index in [0.29, 0.717) is 24.6 Å². The van der Waals surface area contributed by atoms with Crippen LogP contribution in [0, 0.1) is 19.7 Å². The summed E-state index contributed by atoms with van der Waals surface area (Å²) in [7, 11) is -3.72. The molecule has 1 heterocycles. The van der Waals surface area contributed by atoms with Gasteiger partial charge in [-0.3, -0.25) is 0 Å². The summed E-state index contributed by atoms with van der Waals surface area (Å²) in [5.41, 5.74) is 0.109. The number of nitrogens with zero attached hydrogens (tertiary/aromatic N) is 2. The quantitative estimate of drug-likeness (QED) is 0.821. The van der Waals surface area contributed by atoms with Crippen molar-refractivity contribution < 1.29 is 17.3 Å². The van der Waals surface area contributed by atoms with Crippen molar-refractivity contribution in [2.45, 2.75) is 31.6 Å². The minimum atomic E-state index is -3.72. The van der Waals surface area contributed by atoms with Crippen LogP contribution in [0.2, 0.25) is 0 Å². The van der Waals surface area contributed by atoms with Crippen LogP contribution >= 0.6 is 0 Å². The first-order valence-electron chi connectivity index (χ1n) is 6.44. The first-order chi connectivity index (χ1) is 9.90. The van der Waals surface area contributed by atoms with Crippen molar-refractivity contribution in [3.05, 3.63) is 41.3 Å². The molecule has 6 nitrogen and oxygen atoms in total. The molecule has 0 saturated heterocycles. The number of aromatic nitrogens is 2. The number of sulfonamides is 1. The summed E-state index contributed by atoms with van der Waals surface area (Å²) < 4.78 is 44.9. The summed E-state index contributed by atoms with van der Waals surface area (Å²) in [6, 6.07) is 3.98. The average molecular weight is 313 g/mol. The number of hydrogen-bond donors (Lipinski definition) is 1. The molecule has 2 rings (SSSR count). The van der Waals surface area contributed by atoms with Gasteiger partial charge in [-0.05, 0) is 32.4 Å². The number of benzene rings is 1. The van der Waals surface area contributed by atoms with Crippen molar-refractivity contribution in [1.29, 1.82) is 0 Å². The van der Waals surface area contributed by atoms with Gasteiger partial charge in [0, 0.05) is 18.5 Å². The molecule has 1 aromatic carbocycles. The van der Waals surface area contributed by atoms with Crippen molar-refractivity contribution in [3.63, 3.8) is 0 Å².